The lowest BCUT2D eigenvalue weighted by Crippen LogP contribution is -2.25. The van der Waals surface area contributed by atoms with Crippen molar-refractivity contribution in [2.24, 2.45) is 0 Å². The maximum absolute atomic E-state index is 14.9. The van der Waals surface area contributed by atoms with Crippen LogP contribution < -0.4 is 18.9 Å². The fourth-order valence-electron chi connectivity index (χ4n) is 5.21. The Labute approximate surface area is 245 Å². The summed E-state index contributed by atoms with van der Waals surface area (Å²) in [5, 5.41) is 13.0. The molecule has 0 saturated carbocycles. The smallest absolute Gasteiger partial charge is 0.484 e. The standard InChI is InChI=1S/C30H22F6N2O6/c1-15(17-7-12-22-25(13-17)44-30(35,36)43-22)41-24-14-18(8-11-21(24)31)38-26-20(27(37-38)29(32,33)34)3-2-4-23(26)42-19-9-5-16(6-10-19)28(39)40/h5-15,23H,2-4H2,1H3,(H,39,40)/t15?,23-/m0/s1. The first-order chi connectivity index (χ1) is 20.8. The van der Waals surface area contributed by atoms with Crippen molar-refractivity contribution in [3.05, 3.63) is 94.6 Å². The Balaban J connectivity index is 1.34. The lowest BCUT2D eigenvalue weighted by atomic mass is 9.93. The van der Waals surface area contributed by atoms with Gasteiger partial charge in [-0.2, -0.15) is 18.3 Å². The van der Waals surface area contributed by atoms with Gasteiger partial charge in [0.1, 0.15) is 18.0 Å². The number of ether oxygens (including phenoxy) is 4. The van der Waals surface area contributed by atoms with Crippen molar-refractivity contribution in [3.8, 4) is 28.7 Å². The largest absolute Gasteiger partial charge is 0.586 e. The van der Waals surface area contributed by atoms with Crippen LogP contribution >= 0.6 is 0 Å². The van der Waals surface area contributed by atoms with Gasteiger partial charge in [-0.1, -0.05) is 6.07 Å². The van der Waals surface area contributed by atoms with Crippen LogP contribution in [-0.4, -0.2) is 27.2 Å². The molecular weight excluding hydrogens is 598 g/mol. The van der Waals surface area contributed by atoms with Gasteiger partial charge in [-0.25, -0.2) is 13.9 Å². The highest BCUT2D eigenvalue weighted by molar-refractivity contribution is 5.87. The molecule has 2 aliphatic rings. The Morgan fingerprint density at radius 2 is 1.80 bits per heavy atom. The van der Waals surface area contributed by atoms with Crippen LogP contribution in [0.5, 0.6) is 23.0 Å². The summed E-state index contributed by atoms with van der Waals surface area (Å²) in [6.45, 7) is 1.53. The van der Waals surface area contributed by atoms with Crippen LogP contribution in [0.15, 0.2) is 60.7 Å². The number of hydrogen-bond donors (Lipinski definition) is 1. The Bertz CT molecular complexity index is 1740. The third kappa shape index (κ3) is 5.58. The topological polar surface area (TPSA) is 92.0 Å². The number of nitrogens with zero attached hydrogens (tertiary/aromatic N) is 2. The molecule has 1 aliphatic carbocycles. The van der Waals surface area contributed by atoms with Gasteiger partial charge in [-0.15, -0.1) is 8.78 Å². The SMILES string of the molecule is CC(Oc1cc(-n2nc(C(F)(F)F)c3c2[C@@H](Oc2ccc(C(=O)O)cc2)CCC3)ccc1F)c1ccc2c(c1)OC(F)(F)O2. The minimum atomic E-state index is -4.79. The quantitative estimate of drug-likeness (QED) is 0.212. The predicted octanol–water partition coefficient (Wildman–Crippen LogP) is 7.65. The Morgan fingerprint density at radius 1 is 1.07 bits per heavy atom. The normalized spacial score (nSPS) is 17.6. The lowest BCUT2D eigenvalue weighted by molar-refractivity contribution is -0.286. The van der Waals surface area contributed by atoms with Crippen molar-refractivity contribution in [2.45, 2.75) is 50.9 Å². The average Bonchev–Trinajstić information content (AvgIpc) is 3.51. The maximum atomic E-state index is 14.9. The second-order valence-electron chi connectivity index (χ2n) is 10.2. The maximum Gasteiger partial charge on any atom is 0.586 e. The molecule has 0 radical (unpaired) electrons. The van der Waals surface area contributed by atoms with E-state index in [9.17, 15) is 31.1 Å². The van der Waals surface area contributed by atoms with E-state index in [0.29, 0.717) is 18.4 Å². The highest BCUT2D eigenvalue weighted by Gasteiger charge is 2.44. The van der Waals surface area contributed by atoms with E-state index in [1.165, 1.54) is 61.5 Å². The first kappa shape index (κ1) is 29.2. The van der Waals surface area contributed by atoms with Gasteiger partial charge in [0.05, 0.1) is 16.9 Å². The summed E-state index contributed by atoms with van der Waals surface area (Å²) in [7, 11) is 0. The fraction of sp³-hybridized carbons (Fsp3) is 0.267. The zero-order chi connectivity index (χ0) is 31.4. The Hall–Kier alpha value is -4.88. The zero-order valence-corrected chi connectivity index (χ0v) is 22.7. The minimum absolute atomic E-state index is 0.0119. The second-order valence-corrected chi connectivity index (χ2v) is 10.2. The van der Waals surface area contributed by atoms with Crippen molar-refractivity contribution in [2.75, 3.05) is 0 Å². The molecule has 0 saturated heterocycles. The summed E-state index contributed by atoms with van der Waals surface area (Å²) < 4.78 is 106. The molecule has 2 atom stereocenters. The van der Waals surface area contributed by atoms with Crippen LogP contribution in [0, 0.1) is 5.82 Å². The van der Waals surface area contributed by atoms with Gasteiger partial charge in [-0.3, -0.25) is 0 Å². The number of benzene rings is 3. The van der Waals surface area contributed by atoms with E-state index < -0.39 is 42.2 Å². The molecule has 6 rings (SSSR count). The molecule has 1 aromatic heterocycles. The van der Waals surface area contributed by atoms with Crippen LogP contribution in [0.4, 0.5) is 26.3 Å². The number of halogens is 6. The molecule has 1 aliphatic heterocycles. The molecule has 2 heterocycles. The van der Waals surface area contributed by atoms with Gasteiger partial charge in [0.15, 0.2) is 28.8 Å². The molecule has 4 aromatic rings. The summed E-state index contributed by atoms with van der Waals surface area (Å²) in [5.74, 6) is -2.47. The molecular formula is C30H22F6N2O6. The summed E-state index contributed by atoms with van der Waals surface area (Å²) in [4.78, 5) is 11.2. The number of rotatable bonds is 7. The number of carbonyl (C=O) groups is 1. The summed E-state index contributed by atoms with van der Waals surface area (Å²) in [6, 6.07) is 12.8. The van der Waals surface area contributed by atoms with Crippen LogP contribution in [0.1, 0.15) is 64.8 Å². The van der Waals surface area contributed by atoms with Crippen molar-refractivity contribution in [1.82, 2.24) is 9.78 Å². The number of aromatic nitrogens is 2. The first-order valence-corrected chi connectivity index (χ1v) is 13.3. The molecule has 44 heavy (non-hydrogen) atoms. The summed E-state index contributed by atoms with van der Waals surface area (Å²) in [6.07, 6.45) is -9.62. The number of aromatic carboxylic acids is 1. The minimum Gasteiger partial charge on any atom is -0.484 e. The monoisotopic (exact) mass is 620 g/mol. The number of alkyl halides is 5. The highest BCUT2D eigenvalue weighted by Crippen LogP contribution is 2.44. The lowest BCUT2D eigenvalue weighted by Gasteiger charge is -2.26. The first-order valence-electron chi connectivity index (χ1n) is 13.3. The predicted molar refractivity (Wildman–Crippen MR) is 140 cm³/mol. The second kappa shape index (κ2) is 10.7. The summed E-state index contributed by atoms with van der Waals surface area (Å²) >= 11 is 0. The van der Waals surface area contributed by atoms with Gasteiger partial charge in [-0.05, 0) is 80.3 Å². The van der Waals surface area contributed by atoms with E-state index in [0.717, 1.165) is 10.7 Å². The van der Waals surface area contributed by atoms with Crippen LogP contribution in [-0.2, 0) is 12.6 Å². The Morgan fingerprint density at radius 3 is 2.50 bits per heavy atom. The van der Waals surface area contributed by atoms with Crippen LogP contribution in [0.25, 0.3) is 5.69 Å². The van der Waals surface area contributed by atoms with Crippen LogP contribution in [0.2, 0.25) is 0 Å². The highest BCUT2D eigenvalue weighted by atomic mass is 19.4. The van der Waals surface area contributed by atoms with Crippen molar-refractivity contribution in [1.29, 1.82) is 0 Å². The molecule has 230 valence electrons. The molecule has 14 heteroatoms. The number of carboxylic acid groups (broad SMARTS) is 1. The van der Waals surface area contributed by atoms with E-state index in [4.69, 9.17) is 14.6 Å². The fourth-order valence-corrected chi connectivity index (χ4v) is 5.21. The molecule has 8 nitrogen and oxygen atoms in total. The molecule has 0 fully saturated rings. The molecule has 0 spiro atoms. The van der Waals surface area contributed by atoms with E-state index in [1.807, 2.05) is 0 Å². The van der Waals surface area contributed by atoms with Crippen molar-refractivity contribution in [3.63, 3.8) is 0 Å². The van der Waals surface area contributed by atoms with Gasteiger partial charge in [0.25, 0.3) is 0 Å². The molecule has 3 aromatic carbocycles. The van der Waals surface area contributed by atoms with Gasteiger partial charge in [0.2, 0.25) is 0 Å². The average molecular weight is 621 g/mol. The van der Waals surface area contributed by atoms with Crippen molar-refractivity contribution < 1.29 is 55.2 Å². The third-order valence-electron chi connectivity index (χ3n) is 7.23. The molecule has 0 amide bonds. The third-order valence-corrected chi connectivity index (χ3v) is 7.23. The summed E-state index contributed by atoms with van der Waals surface area (Å²) in [5.41, 5.74) is -0.630. The van der Waals surface area contributed by atoms with E-state index in [1.54, 1.807) is 0 Å². The molecule has 0 bridgehead atoms. The molecule has 1 unspecified atom stereocenters. The van der Waals surface area contributed by atoms with Crippen LogP contribution in [0.3, 0.4) is 0 Å². The van der Waals surface area contributed by atoms with Gasteiger partial charge in [0, 0.05) is 11.6 Å². The zero-order valence-electron chi connectivity index (χ0n) is 22.7. The van der Waals surface area contributed by atoms with Crippen molar-refractivity contribution >= 4 is 5.97 Å². The van der Waals surface area contributed by atoms with Gasteiger partial charge >= 0.3 is 18.4 Å². The van der Waals surface area contributed by atoms with E-state index in [-0.39, 0.29) is 51.9 Å². The van der Waals surface area contributed by atoms with E-state index in [2.05, 4.69) is 14.6 Å². The number of carboxylic acids is 1. The molecule has 1 N–H and O–H groups in total. The number of hydrogen-bond acceptors (Lipinski definition) is 6. The van der Waals surface area contributed by atoms with E-state index >= 15 is 0 Å². The Kier molecular flexibility index (Phi) is 7.09. The van der Waals surface area contributed by atoms with Gasteiger partial charge < -0.3 is 24.1 Å². The number of fused-ring (bicyclic) bond motifs is 2.